The predicted molar refractivity (Wildman–Crippen MR) is 78.4 cm³/mol. The normalized spacial score (nSPS) is 27.9. The lowest BCUT2D eigenvalue weighted by atomic mass is 9.96. The van der Waals surface area contributed by atoms with E-state index in [1.165, 1.54) is 24.8 Å². The lowest BCUT2D eigenvalue weighted by Gasteiger charge is -2.35. The van der Waals surface area contributed by atoms with Gasteiger partial charge in [0.2, 0.25) is 0 Å². The molecule has 112 valence electrons. The van der Waals surface area contributed by atoms with Crippen molar-refractivity contribution in [3.63, 3.8) is 0 Å². The summed E-state index contributed by atoms with van der Waals surface area (Å²) < 4.78 is 11.3. The molecule has 2 fully saturated rings. The summed E-state index contributed by atoms with van der Waals surface area (Å²) in [5.74, 6) is 1.73. The van der Waals surface area contributed by atoms with Gasteiger partial charge in [-0.3, -0.25) is 4.90 Å². The number of ether oxygens (including phenoxy) is 1. The summed E-state index contributed by atoms with van der Waals surface area (Å²) in [5, 5.41) is 3.52. The summed E-state index contributed by atoms with van der Waals surface area (Å²) in [7, 11) is 1.82. The molecular formula is C16H26N2O2. The molecule has 4 heteroatoms. The van der Waals surface area contributed by atoms with Crippen LogP contribution in [0, 0.1) is 5.92 Å². The fourth-order valence-electron chi connectivity index (χ4n) is 2.92. The molecule has 4 nitrogen and oxygen atoms in total. The molecule has 2 atom stereocenters. The van der Waals surface area contributed by atoms with E-state index < -0.39 is 0 Å². The summed E-state index contributed by atoms with van der Waals surface area (Å²) in [6.07, 6.45) is 6.11. The maximum Gasteiger partial charge on any atom is 0.118 e. The number of furan rings is 1. The molecule has 0 spiro atoms. The Kier molecular flexibility index (Phi) is 4.44. The smallest absolute Gasteiger partial charge is 0.118 e. The number of nitrogens with zero attached hydrogens (tertiary/aromatic N) is 1. The molecule has 20 heavy (non-hydrogen) atoms. The molecule has 3 rings (SSSR count). The number of hydrogen-bond acceptors (Lipinski definition) is 4. The highest BCUT2D eigenvalue weighted by atomic mass is 16.5. The van der Waals surface area contributed by atoms with Crippen molar-refractivity contribution in [2.45, 2.75) is 51.4 Å². The third-order valence-electron chi connectivity index (χ3n) is 4.54. The van der Waals surface area contributed by atoms with Gasteiger partial charge in [-0.2, -0.15) is 0 Å². The summed E-state index contributed by atoms with van der Waals surface area (Å²) in [6, 6.07) is 2.94. The van der Waals surface area contributed by atoms with Crippen LogP contribution in [0.15, 0.2) is 16.7 Å². The van der Waals surface area contributed by atoms with Crippen LogP contribution in [-0.4, -0.2) is 37.2 Å². The Balaban J connectivity index is 1.49. The van der Waals surface area contributed by atoms with Crippen molar-refractivity contribution < 1.29 is 9.15 Å². The van der Waals surface area contributed by atoms with Gasteiger partial charge in [-0.1, -0.05) is 6.92 Å². The number of piperidine rings is 1. The summed E-state index contributed by atoms with van der Waals surface area (Å²) in [5.41, 5.74) is 1.26. The Labute approximate surface area is 121 Å². The summed E-state index contributed by atoms with van der Waals surface area (Å²) >= 11 is 0. The first-order chi connectivity index (χ1) is 9.74. The van der Waals surface area contributed by atoms with E-state index in [0.29, 0.717) is 12.0 Å². The molecule has 2 unspecified atom stereocenters. The molecule has 0 bridgehead atoms. The van der Waals surface area contributed by atoms with Crippen molar-refractivity contribution in [3.8, 4) is 0 Å². The van der Waals surface area contributed by atoms with Gasteiger partial charge in [0.1, 0.15) is 5.76 Å². The average molecular weight is 278 g/mol. The van der Waals surface area contributed by atoms with Gasteiger partial charge in [0.15, 0.2) is 0 Å². The Morgan fingerprint density at radius 1 is 1.40 bits per heavy atom. The molecule has 2 heterocycles. The van der Waals surface area contributed by atoms with Gasteiger partial charge < -0.3 is 14.5 Å². The zero-order chi connectivity index (χ0) is 13.9. The molecule has 1 aliphatic carbocycles. The van der Waals surface area contributed by atoms with Crippen LogP contribution >= 0.6 is 0 Å². The minimum atomic E-state index is 0.356. The third-order valence-corrected chi connectivity index (χ3v) is 4.54. The molecule has 1 saturated heterocycles. The molecule has 0 radical (unpaired) electrons. The summed E-state index contributed by atoms with van der Waals surface area (Å²) in [6.45, 7) is 6.26. The van der Waals surface area contributed by atoms with E-state index in [1.54, 1.807) is 0 Å². The number of hydrogen-bond donors (Lipinski definition) is 1. The van der Waals surface area contributed by atoms with Gasteiger partial charge >= 0.3 is 0 Å². The number of likely N-dealkylation sites (tertiary alicyclic amines) is 1. The second kappa shape index (κ2) is 6.29. The largest absolute Gasteiger partial charge is 0.468 e. The average Bonchev–Trinajstić information content (AvgIpc) is 3.18. The van der Waals surface area contributed by atoms with Crippen molar-refractivity contribution in [2.24, 2.45) is 5.92 Å². The van der Waals surface area contributed by atoms with E-state index in [-0.39, 0.29) is 0 Å². The van der Waals surface area contributed by atoms with Gasteiger partial charge in [-0.15, -0.1) is 0 Å². The second-order valence-corrected chi connectivity index (χ2v) is 6.35. The lowest BCUT2D eigenvalue weighted by Crippen LogP contribution is -2.43. The van der Waals surface area contributed by atoms with Crippen LogP contribution in [0.25, 0.3) is 0 Å². The third kappa shape index (κ3) is 3.62. The molecule has 1 saturated carbocycles. The van der Waals surface area contributed by atoms with Crippen LogP contribution in [0.2, 0.25) is 0 Å². The standard InChI is InChI=1S/C16H26N2O2/c1-12-5-6-18(10-16(12)19-2)9-15-7-13(11-20-15)8-17-14-3-4-14/h7,11-12,14,16-17H,3-6,8-10H2,1-2H3. The zero-order valence-electron chi connectivity index (χ0n) is 12.6. The number of methoxy groups -OCH3 is 1. The van der Waals surface area contributed by atoms with Crippen molar-refractivity contribution in [1.82, 2.24) is 10.2 Å². The SMILES string of the molecule is COC1CN(Cc2cc(CNC3CC3)co2)CCC1C. The van der Waals surface area contributed by atoms with Crippen LogP contribution in [0.3, 0.4) is 0 Å². The molecule has 1 N–H and O–H groups in total. The Hall–Kier alpha value is -0.840. The fourth-order valence-corrected chi connectivity index (χ4v) is 2.92. The van der Waals surface area contributed by atoms with Gasteiger partial charge in [-0.25, -0.2) is 0 Å². The van der Waals surface area contributed by atoms with Crippen LogP contribution in [-0.2, 0) is 17.8 Å². The Bertz CT molecular complexity index is 428. The molecular weight excluding hydrogens is 252 g/mol. The molecule has 1 aliphatic heterocycles. The van der Waals surface area contributed by atoms with Crippen molar-refractivity contribution in [2.75, 3.05) is 20.2 Å². The minimum absolute atomic E-state index is 0.356. The second-order valence-electron chi connectivity index (χ2n) is 6.35. The monoisotopic (exact) mass is 278 g/mol. The number of rotatable bonds is 6. The lowest BCUT2D eigenvalue weighted by molar-refractivity contribution is -0.00916. The van der Waals surface area contributed by atoms with E-state index in [2.05, 4.69) is 23.2 Å². The molecule has 1 aromatic heterocycles. The van der Waals surface area contributed by atoms with E-state index >= 15 is 0 Å². The van der Waals surface area contributed by atoms with Crippen LogP contribution < -0.4 is 5.32 Å². The van der Waals surface area contributed by atoms with Crippen molar-refractivity contribution in [3.05, 3.63) is 23.7 Å². The van der Waals surface area contributed by atoms with Crippen LogP contribution in [0.1, 0.15) is 37.5 Å². The minimum Gasteiger partial charge on any atom is -0.468 e. The summed E-state index contributed by atoms with van der Waals surface area (Å²) in [4.78, 5) is 2.44. The van der Waals surface area contributed by atoms with Gasteiger partial charge in [0.05, 0.1) is 18.9 Å². The molecule has 0 amide bonds. The highest BCUT2D eigenvalue weighted by Gasteiger charge is 2.26. The Morgan fingerprint density at radius 3 is 3.00 bits per heavy atom. The fraction of sp³-hybridized carbons (Fsp3) is 0.750. The molecule has 0 aromatic carbocycles. The maximum atomic E-state index is 5.69. The van der Waals surface area contributed by atoms with Gasteiger partial charge in [0.25, 0.3) is 0 Å². The van der Waals surface area contributed by atoms with Gasteiger partial charge in [0, 0.05) is 31.8 Å². The van der Waals surface area contributed by atoms with Crippen molar-refractivity contribution >= 4 is 0 Å². The quantitative estimate of drug-likeness (QED) is 0.867. The first-order valence-corrected chi connectivity index (χ1v) is 7.79. The van der Waals surface area contributed by atoms with Crippen LogP contribution in [0.4, 0.5) is 0 Å². The topological polar surface area (TPSA) is 37.6 Å². The molecule has 1 aromatic rings. The van der Waals surface area contributed by atoms with E-state index in [4.69, 9.17) is 9.15 Å². The highest BCUT2D eigenvalue weighted by Crippen LogP contribution is 2.22. The molecule has 2 aliphatic rings. The highest BCUT2D eigenvalue weighted by molar-refractivity contribution is 5.13. The van der Waals surface area contributed by atoms with E-state index in [1.807, 2.05) is 13.4 Å². The Morgan fingerprint density at radius 2 is 2.25 bits per heavy atom. The zero-order valence-corrected chi connectivity index (χ0v) is 12.6. The maximum absolute atomic E-state index is 5.69. The van der Waals surface area contributed by atoms with E-state index in [9.17, 15) is 0 Å². The number of nitrogens with one attached hydrogen (secondary N) is 1. The van der Waals surface area contributed by atoms with E-state index in [0.717, 1.165) is 38.0 Å². The first kappa shape index (κ1) is 14.1. The van der Waals surface area contributed by atoms with Gasteiger partial charge in [-0.05, 0) is 37.8 Å². The van der Waals surface area contributed by atoms with Crippen LogP contribution in [0.5, 0.6) is 0 Å². The first-order valence-electron chi connectivity index (χ1n) is 7.79. The predicted octanol–water partition coefficient (Wildman–Crippen LogP) is 2.39. The van der Waals surface area contributed by atoms with Crippen molar-refractivity contribution in [1.29, 1.82) is 0 Å².